The van der Waals surface area contributed by atoms with Gasteiger partial charge in [0.25, 0.3) is 0 Å². The summed E-state index contributed by atoms with van der Waals surface area (Å²) in [5, 5.41) is 0.155. The molecule has 40 heavy (non-hydrogen) atoms. The Morgan fingerprint density at radius 1 is 0.850 bits per heavy atom. The van der Waals surface area contributed by atoms with Crippen molar-refractivity contribution in [1.82, 2.24) is 0 Å². The lowest BCUT2D eigenvalue weighted by Gasteiger charge is -2.22. The number of fused-ring (bicyclic) bond motifs is 1. The SMILES string of the molecule is [CH2]CCC(Oc1c(-c2cc(OC)c(OC)c(OC)c2)oc2cc(OC)cc(OC)c2c1=O)c1ccc([CH2])c(F)c1. The van der Waals surface area contributed by atoms with E-state index in [-0.39, 0.29) is 33.8 Å². The molecule has 0 aliphatic carbocycles. The summed E-state index contributed by atoms with van der Waals surface area (Å²) in [6.45, 7) is 7.61. The summed E-state index contributed by atoms with van der Waals surface area (Å²) in [5.74, 6) is 1.22. The highest BCUT2D eigenvalue weighted by atomic mass is 19.1. The van der Waals surface area contributed by atoms with Crippen LogP contribution in [0.1, 0.15) is 30.1 Å². The second kappa shape index (κ2) is 12.2. The van der Waals surface area contributed by atoms with Gasteiger partial charge in [-0.25, -0.2) is 4.39 Å². The molecule has 3 aromatic carbocycles. The monoisotopic (exact) mass is 550 g/mol. The van der Waals surface area contributed by atoms with Gasteiger partial charge in [0.15, 0.2) is 17.3 Å². The van der Waals surface area contributed by atoms with Gasteiger partial charge in [-0.15, -0.1) is 0 Å². The summed E-state index contributed by atoms with van der Waals surface area (Å²) in [4.78, 5) is 14.1. The van der Waals surface area contributed by atoms with E-state index in [1.807, 2.05) is 0 Å². The summed E-state index contributed by atoms with van der Waals surface area (Å²) >= 11 is 0. The van der Waals surface area contributed by atoms with Crippen molar-refractivity contribution in [3.05, 3.63) is 83.5 Å². The summed E-state index contributed by atoms with van der Waals surface area (Å²) in [7, 11) is 7.39. The minimum atomic E-state index is -0.724. The Kier molecular flexibility index (Phi) is 8.72. The highest BCUT2D eigenvalue weighted by Crippen LogP contribution is 2.45. The van der Waals surface area contributed by atoms with E-state index in [1.165, 1.54) is 41.6 Å². The summed E-state index contributed by atoms with van der Waals surface area (Å²) in [6, 6.07) is 11.1. The molecule has 0 N–H and O–H groups in total. The van der Waals surface area contributed by atoms with Crippen LogP contribution in [0.2, 0.25) is 0 Å². The van der Waals surface area contributed by atoms with E-state index >= 15 is 0 Å². The van der Waals surface area contributed by atoms with Gasteiger partial charge >= 0.3 is 0 Å². The van der Waals surface area contributed by atoms with Crippen molar-refractivity contribution in [2.24, 2.45) is 0 Å². The number of halogens is 1. The van der Waals surface area contributed by atoms with Gasteiger partial charge < -0.3 is 32.8 Å². The normalized spacial score (nSPS) is 11.7. The Bertz CT molecular complexity index is 1550. The molecule has 4 rings (SSSR count). The average molecular weight is 551 g/mol. The van der Waals surface area contributed by atoms with Gasteiger partial charge in [-0.2, -0.15) is 0 Å². The van der Waals surface area contributed by atoms with Crippen LogP contribution < -0.4 is 33.8 Å². The average Bonchev–Trinajstić information content (AvgIpc) is 2.97. The number of ether oxygens (including phenoxy) is 6. The van der Waals surface area contributed by atoms with Gasteiger partial charge in [-0.1, -0.05) is 19.1 Å². The van der Waals surface area contributed by atoms with Crippen molar-refractivity contribution in [3.63, 3.8) is 0 Å². The summed E-state index contributed by atoms with van der Waals surface area (Å²) < 4.78 is 54.6. The standard InChI is InChI=1S/C31H31FO8/c1-8-9-22(18-11-10-17(2)21(32)12-18)39-31-28(33)27-23(35-4)15-20(34-3)16-24(27)40-29(31)19-13-25(36-5)30(38-7)26(14-19)37-6/h10-16,22H,1-2,8-9H2,3-7H3. The molecule has 1 aromatic heterocycles. The topological polar surface area (TPSA) is 85.6 Å². The van der Waals surface area contributed by atoms with Crippen LogP contribution in [0.3, 0.4) is 0 Å². The molecule has 0 amide bonds. The zero-order valence-corrected chi connectivity index (χ0v) is 23.1. The third kappa shape index (κ3) is 5.36. The van der Waals surface area contributed by atoms with Crippen molar-refractivity contribution in [2.75, 3.05) is 35.5 Å². The first-order valence-corrected chi connectivity index (χ1v) is 12.4. The lowest BCUT2D eigenvalue weighted by Crippen LogP contribution is -2.16. The Morgan fingerprint density at radius 2 is 1.52 bits per heavy atom. The maximum atomic E-state index is 14.5. The minimum absolute atomic E-state index is 0.0929. The molecule has 0 spiro atoms. The first kappa shape index (κ1) is 28.6. The van der Waals surface area contributed by atoms with E-state index < -0.39 is 17.3 Å². The zero-order valence-electron chi connectivity index (χ0n) is 23.1. The van der Waals surface area contributed by atoms with Crippen molar-refractivity contribution in [1.29, 1.82) is 0 Å². The smallest absolute Gasteiger partial charge is 0.239 e. The lowest BCUT2D eigenvalue weighted by atomic mass is 10.0. The van der Waals surface area contributed by atoms with Crippen molar-refractivity contribution in [3.8, 4) is 45.8 Å². The Morgan fingerprint density at radius 3 is 2.08 bits per heavy atom. The molecule has 0 saturated heterocycles. The Balaban J connectivity index is 2.04. The van der Waals surface area contributed by atoms with E-state index in [9.17, 15) is 9.18 Å². The second-order valence-corrected chi connectivity index (χ2v) is 8.81. The number of benzene rings is 3. The highest BCUT2D eigenvalue weighted by Gasteiger charge is 2.27. The van der Waals surface area contributed by atoms with Gasteiger partial charge in [-0.05, 0) is 49.1 Å². The molecule has 0 saturated carbocycles. The summed E-state index contributed by atoms with van der Waals surface area (Å²) in [5.41, 5.74) is 0.897. The van der Waals surface area contributed by atoms with Crippen LogP contribution in [0.15, 0.2) is 51.7 Å². The van der Waals surface area contributed by atoms with Crippen LogP contribution in [0, 0.1) is 19.7 Å². The molecular weight excluding hydrogens is 519 g/mol. The molecule has 1 unspecified atom stereocenters. The molecular formula is C31H31FO8. The first-order valence-electron chi connectivity index (χ1n) is 12.4. The highest BCUT2D eigenvalue weighted by molar-refractivity contribution is 5.89. The van der Waals surface area contributed by atoms with Crippen LogP contribution in [0.5, 0.6) is 34.5 Å². The molecule has 8 nitrogen and oxygen atoms in total. The quantitative estimate of drug-likeness (QED) is 0.208. The molecule has 1 atom stereocenters. The first-order chi connectivity index (χ1) is 19.3. The van der Waals surface area contributed by atoms with Gasteiger partial charge in [0.05, 0.1) is 35.5 Å². The molecule has 0 aliphatic rings. The molecule has 0 fully saturated rings. The van der Waals surface area contributed by atoms with Crippen LogP contribution >= 0.6 is 0 Å². The third-order valence-corrected chi connectivity index (χ3v) is 6.45. The molecule has 210 valence electrons. The summed E-state index contributed by atoms with van der Waals surface area (Å²) in [6.07, 6.45) is 0.122. The maximum absolute atomic E-state index is 14.5. The van der Waals surface area contributed by atoms with Crippen molar-refractivity contribution >= 4 is 11.0 Å². The van der Waals surface area contributed by atoms with E-state index in [1.54, 1.807) is 36.4 Å². The fourth-order valence-electron chi connectivity index (χ4n) is 4.42. The molecule has 1 heterocycles. The van der Waals surface area contributed by atoms with Crippen LogP contribution in [0.25, 0.3) is 22.3 Å². The van der Waals surface area contributed by atoms with E-state index in [0.717, 1.165) is 0 Å². The Hall–Kier alpha value is -4.40. The fraction of sp³-hybridized carbons (Fsp3) is 0.258. The molecule has 9 heteroatoms. The van der Waals surface area contributed by atoms with E-state index in [4.69, 9.17) is 32.8 Å². The Labute approximate surface area is 232 Å². The number of methoxy groups -OCH3 is 5. The van der Waals surface area contributed by atoms with Crippen LogP contribution in [-0.2, 0) is 0 Å². The third-order valence-electron chi connectivity index (χ3n) is 6.45. The second-order valence-electron chi connectivity index (χ2n) is 8.81. The molecule has 4 aromatic rings. The maximum Gasteiger partial charge on any atom is 0.239 e. The van der Waals surface area contributed by atoms with Crippen LogP contribution in [-0.4, -0.2) is 35.5 Å². The lowest BCUT2D eigenvalue weighted by molar-refractivity contribution is 0.191. The zero-order chi connectivity index (χ0) is 29.0. The molecule has 0 bridgehead atoms. The minimum Gasteiger partial charge on any atom is -0.496 e. The predicted molar refractivity (Wildman–Crippen MR) is 149 cm³/mol. The van der Waals surface area contributed by atoms with Gasteiger partial charge in [0.2, 0.25) is 16.9 Å². The number of rotatable bonds is 11. The largest absolute Gasteiger partial charge is 0.496 e. The number of hydrogen-bond donors (Lipinski definition) is 0. The van der Waals surface area contributed by atoms with Crippen molar-refractivity contribution < 1.29 is 37.2 Å². The molecule has 0 aliphatic heterocycles. The fourth-order valence-corrected chi connectivity index (χ4v) is 4.42. The van der Waals surface area contributed by atoms with Crippen molar-refractivity contribution in [2.45, 2.75) is 18.9 Å². The van der Waals surface area contributed by atoms with Crippen LogP contribution in [0.4, 0.5) is 4.39 Å². The predicted octanol–water partition coefficient (Wildman–Crippen LogP) is 6.56. The van der Waals surface area contributed by atoms with Gasteiger partial charge in [0.1, 0.15) is 34.4 Å². The van der Waals surface area contributed by atoms with Gasteiger partial charge in [0, 0.05) is 17.7 Å². The number of hydrogen-bond acceptors (Lipinski definition) is 8. The van der Waals surface area contributed by atoms with E-state index in [2.05, 4.69) is 13.8 Å². The van der Waals surface area contributed by atoms with E-state index in [0.29, 0.717) is 47.0 Å². The van der Waals surface area contributed by atoms with Gasteiger partial charge in [-0.3, -0.25) is 4.79 Å². The molecule has 2 radical (unpaired) electrons.